The second kappa shape index (κ2) is 5.54. The van der Waals surface area contributed by atoms with Crippen molar-refractivity contribution in [1.82, 2.24) is 4.72 Å². The van der Waals surface area contributed by atoms with E-state index in [9.17, 15) is 21.2 Å². The van der Waals surface area contributed by atoms with Gasteiger partial charge in [-0.3, -0.25) is 0 Å². The number of hydrogen-bond donors (Lipinski definition) is 2. The predicted molar refractivity (Wildman–Crippen MR) is 77.5 cm³/mol. The van der Waals surface area contributed by atoms with Crippen LogP contribution in [0.3, 0.4) is 0 Å². The second-order valence-corrected chi connectivity index (χ2v) is 9.22. The molecule has 3 N–H and O–H groups in total. The number of sulfonamides is 1. The highest BCUT2D eigenvalue weighted by Gasteiger charge is 2.29. The van der Waals surface area contributed by atoms with E-state index in [0.717, 1.165) is 12.1 Å². The normalized spacial score (nSPS) is 21.5. The average molecular weight is 336 g/mol. The molecule has 0 aromatic heterocycles. The molecule has 1 atom stereocenters. The van der Waals surface area contributed by atoms with Crippen LogP contribution in [0.4, 0.5) is 10.1 Å². The SMILES string of the molecule is Cc1cc(F)c(N)cc1S(=O)(=O)NCC1CCS(=O)(=O)C1. The molecule has 1 unspecified atom stereocenters. The molecule has 0 saturated carbocycles. The van der Waals surface area contributed by atoms with Gasteiger partial charge in [0, 0.05) is 6.54 Å². The van der Waals surface area contributed by atoms with Crippen LogP contribution < -0.4 is 10.5 Å². The van der Waals surface area contributed by atoms with Crippen LogP contribution in [0.5, 0.6) is 0 Å². The monoisotopic (exact) mass is 336 g/mol. The summed E-state index contributed by atoms with van der Waals surface area (Å²) in [6.07, 6.45) is 0.440. The lowest BCUT2D eigenvalue weighted by Gasteiger charge is -2.13. The highest BCUT2D eigenvalue weighted by Crippen LogP contribution is 2.22. The molecule has 0 bridgehead atoms. The van der Waals surface area contributed by atoms with Crippen molar-refractivity contribution in [3.63, 3.8) is 0 Å². The van der Waals surface area contributed by atoms with Crippen LogP contribution in [-0.2, 0) is 19.9 Å². The maximum atomic E-state index is 13.3. The molecule has 1 aliphatic heterocycles. The quantitative estimate of drug-likeness (QED) is 0.776. The maximum absolute atomic E-state index is 13.3. The van der Waals surface area contributed by atoms with Gasteiger partial charge < -0.3 is 5.73 Å². The van der Waals surface area contributed by atoms with Gasteiger partial charge in [0.1, 0.15) is 5.82 Å². The average Bonchev–Trinajstić information content (AvgIpc) is 2.71. The van der Waals surface area contributed by atoms with Crippen molar-refractivity contribution in [3.8, 4) is 0 Å². The Morgan fingerprint density at radius 3 is 2.67 bits per heavy atom. The lowest BCUT2D eigenvalue weighted by molar-refractivity contribution is 0.542. The van der Waals surface area contributed by atoms with Gasteiger partial charge >= 0.3 is 0 Å². The third kappa shape index (κ3) is 3.72. The third-order valence-corrected chi connectivity index (χ3v) is 6.88. The van der Waals surface area contributed by atoms with Gasteiger partial charge in [0.05, 0.1) is 22.1 Å². The Balaban J connectivity index is 2.14. The Morgan fingerprint density at radius 2 is 2.10 bits per heavy atom. The highest BCUT2D eigenvalue weighted by molar-refractivity contribution is 7.91. The molecule has 1 aromatic carbocycles. The number of anilines is 1. The fourth-order valence-electron chi connectivity index (χ4n) is 2.30. The molecule has 1 fully saturated rings. The van der Waals surface area contributed by atoms with E-state index in [1.165, 1.54) is 6.92 Å². The first-order valence-electron chi connectivity index (χ1n) is 6.36. The smallest absolute Gasteiger partial charge is 0.240 e. The van der Waals surface area contributed by atoms with E-state index in [1.54, 1.807) is 0 Å². The van der Waals surface area contributed by atoms with Crippen molar-refractivity contribution in [2.24, 2.45) is 5.92 Å². The zero-order valence-corrected chi connectivity index (χ0v) is 13.1. The van der Waals surface area contributed by atoms with Crippen LogP contribution in [0, 0.1) is 18.7 Å². The molecular weight excluding hydrogens is 319 g/mol. The number of aryl methyl sites for hydroxylation is 1. The standard InChI is InChI=1S/C12H17FN2O4S2/c1-8-4-10(13)11(14)5-12(8)21(18,19)15-6-9-2-3-20(16,17)7-9/h4-5,9,15H,2-3,6-7,14H2,1H3. The van der Waals surface area contributed by atoms with Crippen molar-refractivity contribution >= 4 is 25.5 Å². The molecule has 0 radical (unpaired) electrons. The molecule has 6 nitrogen and oxygen atoms in total. The first-order valence-corrected chi connectivity index (χ1v) is 9.67. The number of halogens is 1. The molecule has 118 valence electrons. The number of nitrogen functional groups attached to an aromatic ring is 1. The molecule has 9 heteroatoms. The molecule has 21 heavy (non-hydrogen) atoms. The van der Waals surface area contributed by atoms with Crippen LogP contribution in [0.15, 0.2) is 17.0 Å². The molecule has 2 rings (SSSR count). The Morgan fingerprint density at radius 1 is 1.43 bits per heavy atom. The minimum Gasteiger partial charge on any atom is -0.396 e. The molecule has 1 aliphatic rings. The van der Waals surface area contributed by atoms with Crippen LogP contribution >= 0.6 is 0 Å². The van der Waals surface area contributed by atoms with Crippen molar-refractivity contribution in [2.75, 3.05) is 23.8 Å². The Kier molecular flexibility index (Phi) is 4.27. The Hall–Kier alpha value is -1.19. The van der Waals surface area contributed by atoms with E-state index < -0.39 is 25.7 Å². The van der Waals surface area contributed by atoms with Gasteiger partial charge in [-0.15, -0.1) is 0 Å². The number of sulfone groups is 1. The maximum Gasteiger partial charge on any atom is 0.240 e. The summed E-state index contributed by atoms with van der Waals surface area (Å²) in [6.45, 7) is 1.51. The Bertz CT molecular complexity index is 760. The van der Waals surface area contributed by atoms with Crippen LogP contribution in [0.25, 0.3) is 0 Å². The molecule has 0 amide bonds. The fourth-order valence-corrected chi connectivity index (χ4v) is 5.53. The lowest BCUT2D eigenvalue weighted by Crippen LogP contribution is -2.30. The molecule has 0 spiro atoms. The van der Waals surface area contributed by atoms with Crippen LogP contribution in [0.2, 0.25) is 0 Å². The van der Waals surface area contributed by atoms with Gasteiger partial charge in [-0.1, -0.05) is 0 Å². The number of nitrogens with one attached hydrogen (secondary N) is 1. The zero-order valence-electron chi connectivity index (χ0n) is 11.5. The summed E-state index contributed by atoms with van der Waals surface area (Å²) < 4.78 is 62.7. The van der Waals surface area contributed by atoms with Gasteiger partial charge in [0.15, 0.2) is 9.84 Å². The minimum absolute atomic E-state index is 0.0138. The van der Waals surface area contributed by atoms with Crippen LogP contribution in [-0.4, -0.2) is 34.9 Å². The fraction of sp³-hybridized carbons (Fsp3) is 0.500. The van der Waals surface area contributed by atoms with Gasteiger partial charge in [0.2, 0.25) is 10.0 Å². The number of hydrogen-bond acceptors (Lipinski definition) is 5. The predicted octanol–water partition coefficient (Wildman–Crippen LogP) is 0.429. The summed E-state index contributed by atoms with van der Waals surface area (Å²) in [5.41, 5.74) is 5.39. The van der Waals surface area contributed by atoms with E-state index in [-0.39, 0.29) is 40.1 Å². The number of benzene rings is 1. The Labute approximate surface area is 123 Å². The van der Waals surface area contributed by atoms with Crippen molar-refractivity contribution in [2.45, 2.75) is 18.2 Å². The second-order valence-electron chi connectivity index (χ2n) is 5.26. The summed E-state index contributed by atoms with van der Waals surface area (Å²) in [7, 11) is -6.90. The van der Waals surface area contributed by atoms with E-state index in [2.05, 4.69) is 4.72 Å². The van der Waals surface area contributed by atoms with Gasteiger partial charge in [0.25, 0.3) is 0 Å². The molecule has 0 aliphatic carbocycles. The summed E-state index contributed by atoms with van der Waals surface area (Å²) in [5.74, 6) is -0.835. The topological polar surface area (TPSA) is 106 Å². The van der Waals surface area contributed by atoms with Crippen molar-refractivity contribution in [3.05, 3.63) is 23.5 Å². The molecule has 1 aromatic rings. The van der Waals surface area contributed by atoms with E-state index in [0.29, 0.717) is 6.42 Å². The third-order valence-electron chi connectivity index (χ3n) is 3.47. The van der Waals surface area contributed by atoms with E-state index in [1.807, 2.05) is 0 Å². The van der Waals surface area contributed by atoms with Gasteiger partial charge in [-0.25, -0.2) is 25.9 Å². The molecule has 1 saturated heterocycles. The van der Waals surface area contributed by atoms with Crippen molar-refractivity contribution in [1.29, 1.82) is 0 Å². The minimum atomic E-state index is -3.85. The van der Waals surface area contributed by atoms with Crippen LogP contribution in [0.1, 0.15) is 12.0 Å². The first-order chi connectivity index (χ1) is 9.61. The highest BCUT2D eigenvalue weighted by atomic mass is 32.2. The lowest BCUT2D eigenvalue weighted by atomic mass is 10.1. The first kappa shape index (κ1) is 16.2. The summed E-state index contributed by atoms with van der Waals surface area (Å²) in [4.78, 5) is -0.0951. The summed E-state index contributed by atoms with van der Waals surface area (Å²) in [6, 6.07) is 2.13. The van der Waals surface area contributed by atoms with E-state index >= 15 is 0 Å². The van der Waals surface area contributed by atoms with Gasteiger partial charge in [-0.05, 0) is 37.0 Å². The number of nitrogens with two attached hydrogens (primary N) is 1. The van der Waals surface area contributed by atoms with Gasteiger partial charge in [-0.2, -0.15) is 0 Å². The summed E-state index contributed by atoms with van der Waals surface area (Å²) >= 11 is 0. The zero-order chi connectivity index (χ0) is 15.8. The molecular formula is C12H17FN2O4S2. The largest absolute Gasteiger partial charge is 0.396 e. The summed E-state index contributed by atoms with van der Waals surface area (Å²) in [5, 5.41) is 0. The molecule has 1 heterocycles. The van der Waals surface area contributed by atoms with E-state index in [4.69, 9.17) is 5.73 Å². The number of rotatable bonds is 4. The van der Waals surface area contributed by atoms with Crippen molar-refractivity contribution < 1.29 is 21.2 Å².